The summed E-state index contributed by atoms with van der Waals surface area (Å²) >= 11 is 0. The summed E-state index contributed by atoms with van der Waals surface area (Å²) in [6.45, 7) is 10.2. The van der Waals surface area contributed by atoms with Crippen molar-refractivity contribution in [3.8, 4) is 5.75 Å². The zero-order chi connectivity index (χ0) is 24.0. The van der Waals surface area contributed by atoms with Crippen LogP contribution in [-0.4, -0.2) is 57.4 Å². The molecule has 0 saturated carbocycles. The van der Waals surface area contributed by atoms with Crippen molar-refractivity contribution in [1.82, 2.24) is 4.90 Å². The van der Waals surface area contributed by atoms with E-state index in [2.05, 4.69) is 46.7 Å². The Hall–Kier alpha value is -3.09. The minimum Gasteiger partial charge on any atom is -0.492 e. The Kier molecular flexibility index (Phi) is 7.50. The van der Waals surface area contributed by atoms with Crippen molar-refractivity contribution in [2.45, 2.75) is 25.2 Å². The van der Waals surface area contributed by atoms with Gasteiger partial charge in [-0.15, -0.1) is 6.58 Å². The lowest BCUT2D eigenvalue weighted by Crippen LogP contribution is -2.36. The van der Waals surface area contributed by atoms with Crippen LogP contribution in [0.15, 0.2) is 70.4 Å². The third-order valence-electron chi connectivity index (χ3n) is 7.14. The summed E-state index contributed by atoms with van der Waals surface area (Å²) in [6, 6.07) is 16.1. The molecule has 0 atom stereocenters. The summed E-state index contributed by atoms with van der Waals surface area (Å²) in [6.07, 6.45) is 4.76. The van der Waals surface area contributed by atoms with Gasteiger partial charge in [-0.3, -0.25) is 9.69 Å². The highest BCUT2D eigenvalue weighted by Crippen LogP contribution is 2.31. The van der Waals surface area contributed by atoms with Crippen LogP contribution < -0.4 is 15.1 Å². The Labute approximate surface area is 206 Å². The molecule has 6 nitrogen and oxygen atoms in total. The zero-order valence-electron chi connectivity index (χ0n) is 20.3. The number of piperidine rings is 1. The molecule has 3 aromatic rings. The van der Waals surface area contributed by atoms with E-state index in [4.69, 9.17) is 13.9 Å². The van der Waals surface area contributed by atoms with E-state index in [1.165, 1.54) is 18.4 Å². The number of ether oxygens (including phenoxy) is 2. The average Bonchev–Trinajstić information content (AvgIpc) is 2.91. The number of allylic oxidation sites excluding steroid dienone is 1. The molecule has 2 aliphatic heterocycles. The lowest BCUT2D eigenvalue weighted by Gasteiger charge is -2.32. The largest absolute Gasteiger partial charge is 0.492 e. The lowest BCUT2D eigenvalue weighted by atomic mass is 9.89. The Morgan fingerprint density at radius 2 is 1.80 bits per heavy atom. The molecule has 0 spiro atoms. The van der Waals surface area contributed by atoms with Crippen molar-refractivity contribution < 1.29 is 13.9 Å². The molecule has 35 heavy (non-hydrogen) atoms. The standard InChI is InChI=1S/C29H34N2O4/c1-2-6-25-27(34-20-15-30-13-11-23(12-14-30)22-7-4-3-5-8-22)10-9-24-26(32)21-28(35-29(24)25)31-16-18-33-19-17-31/h2-5,7-10,21,23H,1,6,11-20H2. The second-order valence-corrected chi connectivity index (χ2v) is 9.34. The van der Waals surface area contributed by atoms with Gasteiger partial charge in [-0.05, 0) is 56.0 Å². The van der Waals surface area contributed by atoms with Gasteiger partial charge in [0.2, 0.25) is 0 Å². The molecule has 0 radical (unpaired) electrons. The van der Waals surface area contributed by atoms with Gasteiger partial charge in [0.05, 0.1) is 18.6 Å². The topological polar surface area (TPSA) is 55.2 Å². The Morgan fingerprint density at radius 3 is 2.54 bits per heavy atom. The molecule has 6 heteroatoms. The number of likely N-dealkylation sites (tertiary alicyclic amines) is 1. The van der Waals surface area contributed by atoms with Gasteiger partial charge in [-0.25, -0.2) is 0 Å². The van der Waals surface area contributed by atoms with Gasteiger partial charge in [0.1, 0.15) is 17.9 Å². The molecule has 0 N–H and O–H groups in total. The first-order chi connectivity index (χ1) is 17.2. The van der Waals surface area contributed by atoms with Crippen molar-refractivity contribution in [3.63, 3.8) is 0 Å². The molecule has 184 valence electrons. The predicted molar refractivity (Wildman–Crippen MR) is 140 cm³/mol. The van der Waals surface area contributed by atoms with Crippen molar-refractivity contribution >= 4 is 16.9 Å². The zero-order valence-corrected chi connectivity index (χ0v) is 20.3. The van der Waals surface area contributed by atoms with Crippen LogP contribution in [0.4, 0.5) is 5.88 Å². The minimum absolute atomic E-state index is 0.0362. The highest BCUT2D eigenvalue weighted by atomic mass is 16.5. The molecule has 2 fully saturated rings. The van der Waals surface area contributed by atoms with Gasteiger partial charge in [0.15, 0.2) is 11.3 Å². The van der Waals surface area contributed by atoms with E-state index in [1.807, 2.05) is 18.2 Å². The Bertz CT molecular complexity index is 1190. The predicted octanol–water partition coefficient (Wildman–Crippen LogP) is 4.62. The molecule has 0 amide bonds. The Morgan fingerprint density at radius 1 is 1.03 bits per heavy atom. The molecule has 0 aliphatic carbocycles. The molecular formula is C29H34N2O4. The van der Waals surface area contributed by atoms with E-state index in [-0.39, 0.29) is 5.43 Å². The van der Waals surface area contributed by atoms with Crippen LogP contribution in [0.2, 0.25) is 0 Å². The van der Waals surface area contributed by atoms with Crippen LogP contribution in [0, 0.1) is 0 Å². The molecule has 0 bridgehead atoms. The second kappa shape index (κ2) is 11.1. The first-order valence-corrected chi connectivity index (χ1v) is 12.7. The molecule has 3 heterocycles. The smallest absolute Gasteiger partial charge is 0.200 e. The van der Waals surface area contributed by atoms with E-state index in [1.54, 1.807) is 6.07 Å². The molecule has 2 aliphatic rings. The second-order valence-electron chi connectivity index (χ2n) is 9.34. The van der Waals surface area contributed by atoms with Crippen LogP contribution in [0.5, 0.6) is 5.75 Å². The summed E-state index contributed by atoms with van der Waals surface area (Å²) in [4.78, 5) is 17.4. The molecule has 2 aromatic carbocycles. The molecule has 0 unspecified atom stereocenters. The van der Waals surface area contributed by atoms with Crippen molar-refractivity contribution in [2.24, 2.45) is 0 Å². The van der Waals surface area contributed by atoms with Gasteiger partial charge < -0.3 is 18.8 Å². The lowest BCUT2D eigenvalue weighted by molar-refractivity contribution is 0.121. The van der Waals surface area contributed by atoms with Crippen LogP contribution in [-0.2, 0) is 11.2 Å². The summed E-state index contributed by atoms with van der Waals surface area (Å²) in [5.41, 5.74) is 2.89. The van der Waals surface area contributed by atoms with Crippen molar-refractivity contribution in [2.75, 3.05) is 57.4 Å². The molecule has 1 aromatic heterocycles. The number of hydrogen-bond acceptors (Lipinski definition) is 6. The van der Waals surface area contributed by atoms with Gasteiger partial charge >= 0.3 is 0 Å². The van der Waals surface area contributed by atoms with E-state index in [0.717, 1.165) is 30.9 Å². The van der Waals surface area contributed by atoms with E-state index in [9.17, 15) is 4.79 Å². The maximum atomic E-state index is 12.9. The fourth-order valence-electron chi connectivity index (χ4n) is 5.16. The first kappa shape index (κ1) is 23.6. The average molecular weight is 475 g/mol. The quantitative estimate of drug-likeness (QED) is 0.444. The van der Waals surface area contributed by atoms with Gasteiger partial charge in [0.25, 0.3) is 0 Å². The number of rotatable bonds is 8. The number of morpholine rings is 1. The van der Waals surface area contributed by atoms with Gasteiger partial charge in [-0.1, -0.05) is 36.4 Å². The maximum Gasteiger partial charge on any atom is 0.200 e. The molecular weight excluding hydrogens is 440 g/mol. The SMILES string of the molecule is C=CCc1c(OCCN2CCC(c3ccccc3)CC2)ccc2c(=O)cc(N3CCOCC3)oc12. The number of benzene rings is 2. The summed E-state index contributed by atoms with van der Waals surface area (Å²) in [5, 5.41) is 0.578. The van der Waals surface area contributed by atoms with Crippen LogP contribution in [0.1, 0.15) is 29.9 Å². The van der Waals surface area contributed by atoms with E-state index < -0.39 is 0 Å². The first-order valence-electron chi connectivity index (χ1n) is 12.7. The molecule has 5 rings (SSSR count). The third-order valence-corrected chi connectivity index (χ3v) is 7.14. The summed E-state index contributed by atoms with van der Waals surface area (Å²) in [7, 11) is 0. The van der Waals surface area contributed by atoms with Crippen LogP contribution >= 0.6 is 0 Å². The fraction of sp³-hybridized carbons (Fsp3) is 0.414. The van der Waals surface area contributed by atoms with Gasteiger partial charge in [-0.2, -0.15) is 0 Å². The number of hydrogen-bond donors (Lipinski definition) is 0. The van der Waals surface area contributed by atoms with Crippen LogP contribution in [0.3, 0.4) is 0 Å². The maximum absolute atomic E-state index is 12.9. The summed E-state index contributed by atoms with van der Waals surface area (Å²) in [5.74, 6) is 2.00. The highest BCUT2D eigenvalue weighted by molar-refractivity contribution is 5.83. The summed E-state index contributed by atoms with van der Waals surface area (Å²) < 4.78 is 18.0. The van der Waals surface area contributed by atoms with Crippen molar-refractivity contribution in [1.29, 1.82) is 0 Å². The minimum atomic E-state index is -0.0362. The Balaban J connectivity index is 1.27. The number of fused-ring (bicyclic) bond motifs is 1. The third kappa shape index (κ3) is 5.44. The molecule has 2 saturated heterocycles. The van der Waals surface area contributed by atoms with Gasteiger partial charge in [0, 0.05) is 31.3 Å². The van der Waals surface area contributed by atoms with E-state index in [0.29, 0.717) is 62.1 Å². The monoisotopic (exact) mass is 474 g/mol. The number of anilines is 1. The van der Waals surface area contributed by atoms with E-state index >= 15 is 0 Å². The fourth-order valence-corrected chi connectivity index (χ4v) is 5.16. The van der Waals surface area contributed by atoms with Crippen molar-refractivity contribution in [3.05, 3.63) is 82.5 Å². The normalized spacial score (nSPS) is 17.5. The number of nitrogens with zero attached hydrogens (tertiary/aromatic N) is 2. The van der Waals surface area contributed by atoms with Crippen LogP contribution in [0.25, 0.3) is 11.0 Å². The highest BCUT2D eigenvalue weighted by Gasteiger charge is 2.21.